The molecule has 1 aliphatic carbocycles. The van der Waals surface area contributed by atoms with Crippen molar-refractivity contribution in [2.75, 3.05) is 0 Å². The van der Waals surface area contributed by atoms with Crippen LogP contribution in [0.4, 0.5) is 0 Å². The predicted molar refractivity (Wildman–Crippen MR) is 84.3 cm³/mol. The van der Waals surface area contributed by atoms with E-state index in [1.807, 2.05) is 26.8 Å². The number of phenols is 1. The second-order valence-corrected chi connectivity index (χ2v) is 6.16. The lowest BCUT2D eigenvalue weighted by Crippen LogP contribution is -2.12. The monoisotopic (exact) mass is 288 g/mol. The number of carbonyl (C=O) groups excluding carboxylic acids is 1. The van der Waals surface area contributed by atoms with Crippen molar-refractivity contribution in [3.63, 3.8) is 0 Å². The molecule has 0 amide bonds. The molecule has 0 spiro atoms. The third-order valence-corrected chi connectivity index (χ3v) is 3.97. The van der Waals surface area contributed by atoms with Crippen LogP contribution in [-0.4, -0.2) is 17.5 Å². The number of benzene rings is 1. The van der Waals surface area contributed by atoms with Crippen LogP contribution in [-0.2, 0) is 0 Å². The van der Waals surface area contributed by atoms with E-state index in [2.05, 4.69) is 13.0 Å². The molecule has 1 unspecified atom stereocenters. The molecule has 3 nitrogen and oxygen atoms in total. The molecule has 1 N–H and O–H groups in total. The van der Waals surface area contributed by atoms with Crippen molar-refractivity contribution in [2.24, 2.45) is 0 Å². The Hall–Kier alpha value is -1.77. The fraction of sp³-hybridized carbons (Fsp3) is 0.500. The van der Waals surface area contributed by atoms with Crippen molar-refractivity contribution in [3.8, 4) is 11.5 Å². The summed E-state index contributed by atoms with van der Waals surface area (Å²) in [4.78, 5) is 11.3. The Kier molecular flexibility index (Phi) is 4.71. The molecule has 0 bridgehead atoms. The summed E-state index contributed by atoms with van der Waals surface area (Å²) >= 11 is 0. The lowest BCUT2D eigenvalue weighted by atomic mass is 9.83. The molecule has 1 aromatic rings. The summed E-state index contributed by atoms with van der Waals surface area (Å²) in [5.74, 6) is 0.893. The van der Waals surface area contributed by atoms with E-state index in [1.165, 1.54) is 5.57 Å². The summed E-state index contributed by atoms with van der Waals surface area (Å²) in [5, 5.41) is 10.6. The molecular formula is C18H24O3. The molecule has 0 aromatic heterocycles. The molecule has 0 radical (unpaired) electrons. The number of allylic oxidation sites excluding steroid dienone is 2. The number of rotatable bonds is 4. The van der Waals surface area contributed by atoms with Gasteiger partial charge in [-0.3, -0.25) is 4.79 Å². The smallest absolute Gasteiger partial charge is 0.154 e. The summed E-state index contributed by atoms with van der Waals surface area (Å²) in [7, 11) is 0. The van der Waals surface area contributed by atoms with Gasteiger partial charge >= 0.3 is 0 Å². The topological polar surface area (TPSA) is 46.5 Å². The quantitative estimate of drug-likeness (QED) is 0.654. The van der Waals surface area contributed by atoms with Crippen LogP contribution < -0.4 is 4.74 Å². The zero-order valence-corrected chi connectivity index (χ0v) is 13.3. The van der Waals surface area contributed by atoms with Gasteiger partial charge in [0.1, 0.15) is 11.5 Å². The molecular weight excluding hydrogens is 264 g/mol. The van der Waals surface area contributed by atoms with Crippen molar-refractivity contribution in [1.29, 1.82) is 0 Å². The van der Waals surface area contributed by atoms with Gasteiger partial charge < -0.3 is 9.84 Å². The van der Waals surface area contributed by atoms with E-state index < -0.39 is 0 Å². The molecule has 2 rings (SSSR count). The molecule has 0 saturated heterocycles. The highest BCUT2D eigenvalue weighted by Crippen LogP contribution is 2.43. The fourth-order valence-electron chi connectivity index (χ4n) is 3.00. The van der Waals surface area contributed by atoms with E-state index in [4.69, 9.17) is 4.74 Å². The van der Waals surface area contributed by atoms with Crippen molar-refractivity contribution < 1.29 is 14.6 Å². The molecule has 0 saturated carbocycles. The molecule has 21 heavy (non-hydrogen) atoms. The highest BCUT2D eigenvalue weighted by atomic mass is 16.5. The molecule has 0 heterocycles. The van der Waals surface area contributed by atoms with Gasteiger partial charge in [0.05, 0.1) is 11.7 Å². The number of aldehydes is 1. The number of aryl methyl sites for hydroxylation is 1. The van der Waals surface area contributed by atoms with E-state index in [0.717, 1.165) is 36.7 Å². The maximum Gasteiger partial charge on any atom is 0.154 e. The minimum Gasteiger partial charge on any atom is -0.507 e. The first-order chi connectivity index (χ1) is 9.93. The lowest BCUT2D eigenvalue weighted by Gasteiger charge is -2.25. The fourth-order valence-corrected chi connectivity index (χ4v) is 3.00. The van der Waals surface area contributed by atoms with Gasteiger partial charge in [-0.05, 0) is 58.6 Å². The Morgan fingerprint density at radius 1 is 1.38 bits per heavy atom. The SMILES string of the molecule is CC1=CC(c2c(OC(C)C)cc(C)c(C=O)c2O)CCC1. The zero-order chi connectivity index (χ0) is 15.6. The summed E-state index contributed by atoms with van der Waals surface area (Å²) in [6.07, 6.45) is 6.11. The Labute approximate surface area is 126 Å². The first kappa shape index (κ1) is 15.6. The van der Waals surface area contributed by atoms with Gasteiger partial charge in [0.15, 0.2) is 6.29 Å². The molecule has 3 heteroatoms. The normalized spacial score (nSPS) is 18.5. The van der Waals surface area contributed by atoms with E-state index >= 15 is 0 Å². The van der Waals surface area contributed by atoms with Gasteiger partial charge in [-0.15, -0.1) is 0 Å². The van der Waals surface area contributed by atoms with Crippen molar-refractivity contribution in [2.45, 2.75) is 59.0 Å². The minimum absolute atomic E-state index is 0.0262. The Morgan fingerprint density at radius 2 is 2.10 bits per heavy atom. The summed E-state index contributed by atoms with van der Waals surface area (Å²) in [6, 6.07) is 1.87. The molecule has 0 aliphatic heterocycles. The van der Waals surface area contributed by atoms with Crippen molar-refractivity contribution >= 4 is 6.29 Å². The lowest BCUT2D eigenvalue weighted by molar-refractivity contribution is 0.112. The van der Waals surface area contributed by atoms with Gasteiger partial charge in [0, 0.05) is 11.5 Å². The maximum absolute atomic E-state index is 11.3. The summed E-state index contributed by atoms with van der Waals surface area (Å²) in [6.45, 7) is 7.86. The van der Waals surface area contributed by atoms with E-state index in [-0.39, 0.29) is 17.8 Å². The first-order valence-corrected chi connectivity index (χ1v) is 7.59. The van der Waals surface area contributed by atoms with Gasteiger partial charge in [0.2, 0.25) is 0 Å². The van der Waals surface area contributed by atoms with E-state index in [9.17, 15) is 9.90 Å². The van der Waals surface area contributed by atoms with Crippen LogP contribution in [0.3, 0.4) is 0 Å². The van der Waals surface area contributed by atoms with Crippen LogP contribution in [0.1, 0.15) is 67.4 Å². The first-order valence-electron chi connectivity index (χ1n) is 7.59. The van der Waals surface area contributed by atoms with E-state index in [1.54, 1.807) is 0 Å². The molecule has 114 valence electrons. The largest absolute Gasteiger partial charge is 0.507 e. The van der Waals surface area contributed by atoms with Crippen molar-refractivity contribution in [3.05, 3.63) is 34.4 Å². The van der Waals surface area contributed by atoms with Crippen LogP contribution in [0.5, 0.6) is 11.5 Å². The number of phenolic OH excluding ortho intramolecular Hbond substituents is 1. The minimum atomic E-state index is 0.0262. The molecule has 0 fully saturated rings. The van der Waals surface area contributed by atoms with Crippen LogP contribution in [0, 0.1) is 6.92 Å². The van der Waals surface area contributed by atoms with Crippen LogP contribution in [0.2, 0.25) is 0 Å². The number of hydrogen-bond acceptors (Lipinski definition) is 3. The summed E-state index contributed by atoms with van der Waals surface area (Å²) in [5.41, 5.74) is 3.21. The third-order valence-electron chi connectivity index (χ3n) is 3.97. The molecule has 1 aromatic carbocycles. The highest BCUT2D eigenvalue weighted by molar-refractivity contribution is 5.83. The number of ether oxygens (including phenoxy) is 1. The van der Waals surface area contributed by atoms with Crippen LogP contribution in [0.25, 0.3) is 0 Å². The molecule has 1 aliphatic rings. The second-order valence-electron chi connectivity index (χ2n) is 6.16. The molecule has 1 atom stereocenters. The van der Waals surface area contributed by atoms with Crippen LogP contribution >= 0.6 is 0 Å². The van der Waals surface area contributed by atoms with Crippen molar-refractivity contribution in [1.82, 2.24) is 0 Å². The Bertz CT molecular complexity index is 570. The predicted octanol–water partition coefficient (Wildman–Crippen LogP) is 4.51. The van der Waals surface area contributed by atoms with Crippen LogP contribution in [0.15, 0.2) is 17.7 Å². The van der Waals surface area contributed by atoms with E-state index in [0.29, 0.717) is 11.3 Å². The van der Waals surface area contributed by atoms with Gasteiger partial charge in [-0.25, -0.2) is 0 Å². The standard InChI is InChI=1S/C18H24O3/c1-11(2)21-16-9-13(4)15(10-19)18(20)17(16)14-7-5-6-12(3)8-14/h8-11,14,20H,5-7H2,1-4H3. The average molecular weight is 288 g/mol. The second kappa shape index (κ2) is 6.33. The van der Waals surface area contributed by atoms with Gasteiger partial charge in [-0.1, -0.05) is 11.6 Å². The Balaban J connectivity index is 2.59. The Morgan fingerprint density at radius 3 is 2.67 bits per heavy atom. The van der Waals surface area contributed by atoms with Gasteiger partial charge in [0.25, 0.3) is 0 Å². The van der Waals surface area contributed by atoms with Gasteiger partial charge in [-0.2, -0.15) is 0 Å². The maximum atomic E-state index is 11.3. The third kappa shape index (κ3) is 3.29. The highest BCUT2D eigenvalue weighted by Gasteiger charge is 2.25. The summed E-state index contributed by atoms with van der Waals surface area (Å²) < 4.78 is 5.89. The zero-order valence-electron chi connectivity index (χ0n) is 13.3. The average Bonchev–Trinajstić information content (AvgIpc) is 2.38. The number of hydrogen-bond donors (Lipinski definition) is 1. The number of aromatic hydroxyl groups is 1. The number of carbonyl (C=O) groups is 1.